The molecule has 1 aliphatic heterocycles. The Balaban J connectivity index is 1.56. The van der Waals surface area contributed by atoms with Crippen molar-refractivity contribution in [3.8, 4) is 5.75 Å². The van der Waals surface area contributed by atoms with E-state index in [2.05, 4.69) is 45.2 Å². The van der Waals surface area contributed by atoms with Gasteiger partial charge in [0.1, 0.15) is 5.75 Å². The Bertz CT molecular complexity index is 828. The Hall–Kier alpha value is -2.59. The number of H-pyrrole nitrogens is 1. The van der Waals surface area contributed by atoms with E-state index in [-0.39, 0.29) is 6.04 Å². The number of nitrogens with one attached hydrogen (secondary N) is 1. The molecule has 1 aliphatic rings. The van der Waals surface area contributed by atoms with Crippen LogP contribution in [0.15, 0.2) is 60.9 Å². The molecule has 1 aromatic heterocycles. The molecule has 0 fully saturated rings. The number of benzene rings is 2. The number of hydrogen-bond acceptors (Lipinski definition) is 3. The van der Waals surface area contributed by atoms with Gasteiger partial charge in [-0.1, -0.05) is 48.5 Å². The first kappa shape index (κ1) is 15.9. The van der Waals surface area contributed by atoms with Gasteiger partial charge in [-0.05, 0) is 24.5 Å². The van der Waals surface area contributed by atoms with Crippen LogP contribution in [0.5, 0.6) is 5.75 Å². The summed E-state index contributed by atoms with van der Waals surface area (Å²) in [7, 11) is 0. The van der Waals surface area contributed by atoms with Gasteiger partial charge in [-0.3, -0.25) is 4.90 Å². The molecule has 2 N–H and O–H groups in total. The van der Waals surface area contributed by atoms with Crippen LogP contribution in [-0.4, -0.2) is 26.5 Å². The van der Waals surface area contributed by atoms with Gasteiger partial charge in [-0.2, -0.15) is 0 Å². The number of nitrogens with zero attached hydrogens (tertiary/aromatic N) is 2. The molecule has 0 aliphatic carbocycles. The van der Waals surface area contributed by atoms with Gasteiger partial charge in [0, 0.05) is 30.8 Å². The number of fused-ring (bicyclic) bond motifs is 1. The highest BCUT2D eigenvalue weighted by Gasteiger charge is 2.29. The van der Waals surface area contributed by atoms with E-state index < -0.39 is 0 Å². The van der Waals surface area contributed by atoms with Gasteiger partial charge in [0.05, 0.1) is 18.1 Å². The normalized spacial score (nSPS) is 17.4. The van der Waals surface area contributed by atoms with Gasteiger partial charge in [-0.15, -0.1) is 0 Å². The van der Waals surface area contributed by atoms with Gasteiger partial charge >= 0.3 is 0 Å². The predicted octanol–water partition coefficient (Wildman–Crippen LogP) is 3.85. The second-order valence-corrected chi connectivity index (χ2v) is 6.66. The van der Waals surface area contributed by atoms with Gasteiger partial charge < -0.3 is 10.1 Å². The van der Waals surface area contributed by atoms with Crippen LogP contribution in [0.3, 0.4) is 0 Å². The summed E-state index contributed by atoms with van der Waals surface area (Å²) in [5.41, 5.74) is 4.75. The quantitative estimate of drug-likeness (QED) is 0.746. The van der Waals surface area contributed by atoms with Gasteiger partial charge in [0.25, 0.3) is 0 Å². The second kappa shape index (κ2) is 7.11. The fourth-order valence-electron chi connectivity index (χ4n) is 3.72. The summed E-state index contributed by atoms with van der Waals surface area (Å²) in [5, 5.41) is 10.1. The van der Waals surface area contributed by atoms with Crippen LogP contribution in [0.2, 0.25) is 0 Å². The zero-order valence-corrected chi connectivity index (χ0v) is 14.2. The third-order valence-corrected chi connectivity index (χ3v) is 5.07. The number of imidazole rings is 1. The van der Waals surface area contributed by atoms with Crippen LogP contribution in [-0.2, 0) is 19.4 Å². The summed E-state index contributed by atoms with van der Waals surface area (Å²) in [4.78, 5) is 10.3. The molecular weight excluding hydrogens is 310 g/mol. The number of rotatable bonds is 5. The van der Waals surface area contributed by atoms with Crippen LogP contribution >= 0.6 is 0 Å². The molecule has 0 radical (unpaired) electrons. The first-order valence-corrected chi connectivity index (χ1v) is 8.88. The van der Waals surface area contributed by atoms with Crippen molar-refractivity contribution in [1.82, 2.24) is 14.9 Å². The number of aromatic nitrogens is 2. The van der Waals surface area contributed by atoms with Crippen molar-refractivity contribution < 1.29 is 5.11 Å². The Morgan fingerprint density at radius 2 is 1.88 bits per heavy atom. The van der Waals surface area contributed by atoms with Gasteiger partial charge in [0.2, 0.25) is 0 Å². The number of aryl methyl sites for hydroxylation is 1. The number of phenolic OH excluding ortho intramolecular Hbond substituents is 1. The largest absolute Gasteiger partial charge is 0.508 e. The number of aromatic hydroxyl groups is 1. The minimum atomic E-state index is 0.273. The van der Waals surface area contributed by atoms with E-state index in [0.29, 0.717) is 5.75 Å². The Labute approximate surface area is 148 Å². The van der Waals surface area contributed by atoms with Gasteiger partial charge in [0.15, 0.2) is 0 Å². The topological polar surface area (TPSA) is 52.1 Å². The lowest BCUT2D eigenvalue weighted by molar-refractivity contribution is 0.161. The van der Waals surface area contributed by atoms with Crippen LogP contribution in [0, 0.1) is 0 Å². The molecule has 4 nitrogen and oxygen atoms in total. The molecule has 0 bridgehead atoms. The van der Waals surface area contributed by atoms with Crippen molar-refractivity contribution in [3.05, 3.63) is 83.4 Å². The minimum absolute atomic E-state index is 0.273. The molecule has 0 amide bonds. The van der Waals surface area contributed by atoms with Crippen LogP contribution in [0.25, 0.3) is 0 Å². The third-order valence-electron chi connectivity index (χ3n) is 5.07. The van der Waals surface area contributed by atoms with E-state index in [1.807, 2.05) is 24.5 Å². The predicted molar refractivity (Wildman–Crippen MR) is 98.3 cm³/mol. The van der Waals surface area contributed by atoms with Crippen molar-refractivity contribution >= 4 is 0 Å². The average molecular weight is 333 g/mol. The molecule has 3 aromatic rings. The van der Waals surface area contributed by atoms with E-state index in [1.54, 1.807) is 6.07 Å². The Kier molecular flexibility index (Phi) is 4.53. The van der Waals surface area contributed by atoms with Crippen molar-refractivity contribution in [3.63, 3.8) is 0 Å². The molecule has 4 heteroatoms. The summed E-state index contributed by atoms with van der Waals surface area (Å²) < 4.78 is 0. The van der Waals surface area contributed by atoms with Crippen LogP contribution in [0.4, 0.5) is 0 Å². The number of aromatic amines is 1. The highest BCUT2D eigenvalue weighted by atomic mass is 16.3. The number of phenols is 1. The maximum absolute atomic E-state index is 10.1. The zero-order chi connectivity index (χ0) is 17.1. The summed E-state index contributed by atoms with van der Waals surface area (Å²) >= 11 is 0. The summed E-state index contributed by atoms with van der Waals surface area (Å²) in [6, 6.07) is 18.5. The molecule has 0 unspecified atom stereocenters. The monoisotopic (exact) mass is 333 g/mol. The maximum atomic E-state index is 10.1. The third kappa shape index (κ3) is 3.44. The maximum Gasteiger partial charge on any atom is 0.120 e. The number of hydrogen-bond donors (Lipinski definition) is 2. The molecule has 4 rings (SSSR count). The Morgan fingerprint density at radius 1 is 1.08 bits per heavy atom. The van der Waals surface area contributed by atoms with E-state index in [4.69, 9.17) is 0 Å². The molecule has 1 atom stereocenters. The standard InChI is InChI=1S/C21H23N3O/c25-20-9-5-4-8-17(20)14-24-13-12-18-21(23-15-22-18)19(24)11-10-16-6-2-1-3-7-16/h1-9,15,19,25H,10-14H2,(H,22,23)/t19-/m1/s1. The molecule has 2 aromatic carbocycles. The fraction of sp³-hybridized carbons (Fsp3) is 0.286. The highest BCUT2D eigenvalue weighted by Crippen LogP contribution is 2.33. The van der Waals surface area contributed by atoms with E-state index in [9.17, 15) is 5.11 Å². The summed E-state index contributed by atoms with van der Waals surface area (Å²) in [6.07, 6.45) is 4.83. The zero-order valence-electron chi connectivity index (χ0n) is 14.2. The minimum Gasteiger partial charge on any atom is -0.508 e. The smallest absolute Gasteiger partial charge is 0.120 e. The molecule has 0 saturated carbocycles. The SMILES string of the molecule is Oc1ccccc1CN1CCc2[nH]cnc2[C@H]1CCc1ccccc1. The summed E-state index contributed by atoms with van der Waals surface area (Å²) in [5.74, 6) is 0.372. The van der Waals surface area contributed by atoms with Crippen molar-refractivity contribution in [1.29, 1.82) is 0 Å². The second-order valence-electron chi connectivity index (χ2n) is 6.66. The van der Waals surface area contributed by atoms with Gasteiger partial charge in [-0.25, -0.2) is 4.98 Å². The molecular formula is C21H23N3O. The lowest BCUT2D eigenvalue weighted by Crippen LogP contribution is -2.35. The van der Waals surface area contributed by atoms with Crippen LogP contribution < -0.4 is 0 Å². The Morgan fingerprint density at radius 3 is 2.72 bits per heavy atom. The highest BCUT2D eigenvalue weighted by molar-refractivity contribution is 5.32. The molecule has 25 heavy (non-hydrogen) atoms. The average Bonchev–Trinajstić information content (AvgIpc) is 3.12. The first-order valence-electron chi connectivity index (χ1n) is 8.88. The first-order chi connectivity index (χ1) is 12.3. The van der Waals surface area contributed by atoms with Crippen molar-refractivity contribution in [2.45, 2.75) is 31.8 Å². The fourth-order valence-corrected chi connectivity index (χ4v) is 3.72. The molecule has 128 valence electrons. The van der Waals surface area contributed by atoms with E-state index in [1.165, 1.54) is 11.3 Å². The van der Waals surface area contributed by atoms with E-state index >= 15 is 0 Å². The number of para-hydroxylation sites is 1. The molecule has 2 heterocycles. The van der Waals surface area contributed by atoms with Crippen LogP contribution in [0.1, 0.15) is 35.0 Å². The van der Waals surface area contributed by atoms with Crippen molar-refractivity contribution in [2.24, 2.45) is 0 Å². The lowest BCUT2D eigenvalue weighted by atomic mass is 9.95. The molecule has 0 spiro atoms. The van der Waals surface area contributed by atoms with Crippen molar-refractivity contribution in [2.75, 3.05) is 6.54 Å². The molecule has 0 saturated heterocycles. The summed E-state index contributed by atoms with van der Waals surface area (Å²) in [6.45, 7) is 1.72. The van der Waals surface area contributed by atoms with E-state index in [0.717, 1.165) is 43.6 Å². The lowest BCUT2D eigenvalue weighted by Gasteiger charge is -2.35.